The Labute approximate surface area is 96.4 Å². The Balaban J connectivity index is 2.25. The molecule has 1 rings (SSSR count). The van der Waals surface area contributed by atoms with Gasteiger partial charge in [-0.15, -0.1) is 0 Å². The average molecular weight is 227 g/mol. The van der Waals surface area contributed by atoms with Crippen molar-refractivity contribution in [1.82, 2.24) is 16.0 Å². The molecule has 3 N–H and O–H groups in total. The highest BCUT2D eigenvalue weighted by Gasteiger charge is 2.33. The van der Waals surface area contributed by atoms with Crippen LogP contribution in [0.3, 0.4) is 0 Å². The molecule has 2 amide bonds. The van der Waals surface area contributed by atoms with E-state index in [0.717, 1.165) is 25.9 Å². The van der Waals surface area contributed by atoms with Crippen LogP contribution in [-0.4, -0.2) is 38.0 Å². The van der Waals surface area contributed by atoms with Gasteiger partial charge < -0.3 is 16.0 Å². The van der Waals surface area contributed by atoms with E-state index >= 15 is 0 Å². The van der Waals surface area contributed by atoms with Gasteiger partial charge in [-0.1, -0.05) is 6.92 Å². The summed E-state index contributed by atoms with van der Waals surface area (Å²) in [7, 11) is 0. The monoisotopic (exact) mass is 227 g/mol. The van der Waals surface area contributed by atoms with Crippen LogP contribution in [0.1, 0.15) is 26.7 Å². The van der Waals surface area contributed by atoms with E-state index in [4.69, 9.17) is 0 Å². The summed E-state index contributed by atoms with van der Waals surface area (Å²) in [5.74, 6) is 0.0293. The molecule has 1 fully saturated rings. The molecule has 1 saturated heterocycles. The molecule has 0 aromatic rings. The number of hydrogen-bond acceptors (Lipinski definition) is 3. The van der Waals surface area contributed by atoms with Gasteiger partial charge in [0.05, 0.1) is 0 Å². The van der Waals surface area contributed by atoms with Gasteiger partial charge in [-0.2, -0.15) is 0 Å². The lowest BCUT2D eigenvalue weighted by Crippen LogP contribution is -2.47. The summed E-state index contributed by atoms with van der Waals surface area (Å²) in [4.78, 5) is 22.5. The number of piperidine rings is 1. The van der Waals surface area contributed by atoms with Gasteiger partial charge in [0.15, 0.2) is 0 Å². The van der Waals surface area contributed by atoms with Crippen molar-refractivity contribution in [2.45, 2.75) is 26.7 Å². The Hall–Kier alpha value is -1.10. The maximum atomic E-state index is 11.9. The molecule has 1 aliphatic rings. The lowest BCUT2D eigenvalue weighted by molar-refractivity contribution is -0.131. The van der Waals surface area contributed by atoms with E-state index < -0.39 is 0 Å². The van der Waals surface area contributed by atoms with Gasteiger partial charge in [0.25, 0.3) is 0 Å². The first-order valence-corrected chi connectivity index (χ1v) is 5.78. The molecular formula is C11H21N3O2. The summed E-state index contributed by atoms with van der Waals surface area (Å²) < 4.78 is 0. The van der Waals surface area contributed by atoms with E-state index in [9.17, 15) is 9.59 Å². The van der Waals surface area contributed by atoms with E-state index in [1.165, 1.54) is 6.92 Å². The number of nitrogens with one attached hydrogen (secondary N) is 3. The molecule has 0 unspecified atom stereocenters. The highest BCUT2D eigenvalue weighted by Crippen LogP contribution is 2.27. The molecule has 16 heavy (non-hydrogen) atoms. The van der Waals surface area contributed by atoms with Gasteiger partial charge in [-0.05, 0) is 25.9 Å². The summed E-state index contributed by atoms with van der Waals surface area (Å²) in [6.45, 7) is 6.26. The van der Waals surface area contributed by atoms with Crippen molar-refractivity contribution in [1.29, 1.82) is 0 Å². The smallest absolute Gasteiger partial charge is 0.226 e. The molecule has 0 saturated carbocycles. The van der Waals surface area contributed by atoms with Crippen LogP contribution >= 0.6 is 0 Å². The quantitative estimate of drug-likeness (QED) is 0.574. The molecule has 5 heteroatoms. The standard InChI is InChI=1S/C11H21N3O2/c1-9(15)13-7-8-14-10(16)11(2)3-5-12-6-4-11/h12H,3-8H2,1-2H3,(H,13,15)(H,14,16). The number of amides is 2. The Morgan fingerprint density at radius 3 is 2.31 bits per heavy atom. The molecule has 1 heterocycles. The fourth-order valence-electron chi connectivity index (χ4n) is 1.83. The van der Waals surface area contributed by atoms with Crippen LogP contribution in [0.5, 0.6) is 0 Å². The summed E-state index contributed by atoms with van der Waals surface area (Å²) in [5, 5.41) is 8.76. The van der Waals surface area contributed by atoms with Gasteiger partial charge in [-0.25, -0.2) is 0 Å². The Morgan fingerprint density at radius 2 is 1.75 bits per heavy atom. The minimum atomic E-state index is -0.249. The molecule has 0 radical (unpaired) electrons. The van der Waals surface area contributed by atoms with Crippen LogP contribution < -0.4 is 16.0 Å². The van der Waals surface area contributed by atoms with Gasteiger partial charge in [0, 0.05) is 25.4 Å². The molecule has 5 nitrogen and oxygen atoms in total. The third-order valence-electron chi connectivity index (χ3n) is 3.04. The first kappa shape index (κ1) is 13.0. The predicted molar refractivity (Wildman–Crippen MR) is 61.9 cm³/mol. The topological polar surface area (TPSA) is 70.2 Å². The lowest BCUT2D eigenvalue weighted by Gasteiger charge is -2.32. The van der Waals surface area contributed by atoms with Gasteiger partial charge in [0.2, 0.25) is 11.8 Å². The SMILES string of the molecule is CC(=O)NCCNC(=O)C1(C)CCNCC1. The summed E-state index contributed by atoms with van der Waals surface area (Å²) >= 11 is 0. The van der Waals surface area contributed by atoms with E-state index in [1.54, 1.807) is 0 Å². The molecule has 1 aliphatic heterocycles. The maximum Gasteiger partial charge on any atom is 0.226 e. The molecule has 92 valence electrons. The van der Waals surface area contributed by atoms with Gasteiger partial charge in [-0.3, -0.25) is 9.59 Å². The second-order valence-corrected chi connectivity index (χ2v) is 4.55. The molecule has 0 atom stereocenters. The molecule has 0 bridgehead atoms. The van der Waals surface area contributed by atoms with Crippen LogP contribution in [0.15, 0.2) is 0 Å². The normalized spacial score (nSPS) is 18.9. The third-order valence-corrected chi connectivity index (χ3v) is 3.04. The zero-order valence-electron chi connectivity index (χ0n) is 10.1. The number of hydrogen-bond donors (Lipinski definition) is 3. The lowest BCUT2D eigenvalue weighted by atomic mass is 9.80. The van der Waals surface area contributed by atoms with Crippen LogP contribution in [-0.2, 0) is 9.59 Å². The van der Waals surface area contributed by atoms with Crippen molar-refractivity contribution in [3.8, 4) is 0 Å². The summed E-state index contributed by atoms with van der Waals surface area (Å²) in [6, 6.07) is 0. The van der Waals surface area contributed by atoms with Gasteiger partial charge >= 0.3 is 0 Å². The van der Waals surface area contributed by atoms with Crippen molar-refractivity contribution >= 4 is 11.8 Å². The van der Waals surface area contributed by atoms with E-state index in [0.29, 0.717) is 13.1 Å². The van der Waals surface area contributed by atoms with E-state index in [1.807, 2.05) is 6.92 Å². The molecular weight excluding hydrogens is 206 g/mol. The zero-order valence-corrected chi connectivity index (χ0v) is 10.1. The number of carbonyl (C=O) groups is 2. The number of rotatable bonds is 4. The van der Waals surface area contributed by atoms with E-state index in [-0.39, 0.29) is 17.2 Å². The number of carbonyl (C=O) groups excluding carboxylic acids is 2. The highest BCUT2D eigenvalue weighted by molar-refractivity contribution is 5.82. The van der Waals surface area contributed by atoms with Crippen LogP contribution in [0, 0.1) is 5.41 Å². The third kappa shape index (κ3) is 3.81. The summed E-state index contributed by atoms with van der Waals surface area (Å²) in [6.07, 6.45) is 1.75. The Morgan fingerprint density at radius 1 is 1.19 bits per heavy atom. The molecule has 0 spiro atoms. The van der Waals surface area contributed by atoms with Crippen molar-refractivity contribution in [2.24, 2.45) is 5.41 Å². The maximum absolute atomic E-state index is 11.9. The van der Waals surface area contributed by atoms with Crippen molar-refractivity contribution in [3.63, 3.8) is 0 Å². The zero-order chi connectivity index (χ0) is 12.0. The van der Waals surface area contributed by atoms with Crippen molar-refractivity contribution < 1.29 is 9.59 Å². The Bertz CT molecular complexity index is 260. The fourth-order valence-corrected chi connectivity index (χ4v) is 1.83. The minimum absolute atomic E-state index is 0.0673. The van der Waals surface area contributed by atoms with Crippen molar-refractivity contribution in [3.05, 3.63) is 0 Å². The molecule has 0 aromatic carbocycles. The summed E-state index contributed by atoms with van der Waals surface area (Å²) in [5.41, 5.74) is -0.249. The first-order chi connectivity index (χ1) is 7.54. The predicted octanol–water partition coefficient (Wildman–Crippen LogP) is -0.372. The second kappa shape index (κ2) is 5.84. The van der Waals surface area contributed by atoms with Gasteiger partial charge in [0.1, 0.15) is 0 Å². The Kier molecular flexibility index (Phi) is 4.73. The van der Waals surface area contributed by atoms with Crippen molar-refractivity contribution in [2.75, 3.05) is 26.2 Å². The molecule has 0 aromatic heterocycles. The highest BCUT2D eigenvalue weighted by atomic mass is 16.2. The minimum Gasteiger partial charge on any atom is -0.355 e. The second-order valence-electron chi connectivity index (χ2n) is 4.55. The van der Waals surface area contributed by atoms with Crippen LogP contribution in [0.25, 0.3) is 0 Å². The average Bonchev–Trinajstić information content (AvgIpc) is 2.25. The van der Waals surface area contributed by atoms with E-state index in [2.05, 4.69) is 16.0 Å². The molecule has 0 aliphatic carbocycles. The first-order valence-electron chi connectivity index (χ1n) is 5.78. The van der Waals surface area contributed by atoms with Crippen LogP contribution in [0.4, 0.5) is 0 Å². The fraction of sp³-hybridized carbons (Fsp3) is 0.818. The largest absolute Gasteiger partial charge is 0.355 e. The van der Waals surface area contributed by atoms with Crippen LogP contribution in [0.2, 0.25) is 0 Å².